The minimum Gasteiger partial charge on any atom is -0.388 e. The Bertz CT molecular complexity index is 525. The van der Waals surface area contributed by atoms with Gasteiger partial charge in [0.15, 0.2) is 5.82 Å². The van der Waals surface area contributed by atoms with Gasteiger partial charge in [-0.05, 0) is 19.3 Å². The molecule has 2 aromatic rings. The van der Waals surface area contributed by atoms with Crippen LogP contribution in [-0.2, 0) is 6.42 Å². The van der Waals surface area contributed by atoms with E-state index in [0.29, 0.717) is 0 Å². The molecule has 1 aliphatic carbocycles. The van der Waals surface area contributed by atoms with Gasteiger partial charge in [0.25, 0.3) is 0 Å². The molecule has 0 unspecified atom stereocenters. The molecule has 0 saturated carbocycles. The zero-order valence-electron chi connectivity index (χ0n) is 9.50. The van der Waals surface area contributed by atoms with Crippen LogP contribution >= 0.6 is 0 Å². The molecule has 0 amide bonds. The number of aliphatic hydroxyl groups is 1. The molecule has 1 aromatic carbocycles. The highest BCUT2D eigenvalue weighted by atomic mass is 16.3. The first-order valence-electron chi connectivity index (χ1n) is 5.94. The number of aliphatic hydroxyl groups excluding tert-OH is 1. The van der Waals surface area contributed by atoms with E-state index in [9.17, 15) is 5.11 Å². The van der Waals surface area contributed by atoms with Crippen LogP contribution in [0.4, 0.5) is 0 Å². The summed E-state index contributed by atoms with van der Waals surface area (Å²) >= 11 is 0. The molecule has 86 valence electrons. The second-order valence-electron chi connectivity index (χ2n) is 4.37. The van der Waals surface area contributed by atoms with Crippen LogP contribution in [0.15, 0.2) is 36.5 Å². The Morgan fingerprint density at radius 2 is 2.00 bits per heavy atom. The van der Waals surface area contributed by atoms with Gasteiger partial charge in [-0.25, -0.2) is 9.97 Å². The van der Waals surface area contributed by atoms with Gasteiger partial charge in [-0.15, -0.1) is 0 Å². The van der Waals surface area contributed by atoms with Crippen LogP contribution in [0.3, 0.4) is 0 Å². The highest BCUT2D eigenvalue weighted by Gasteiger charge is 2.20. The molecule has 0 fully saturated rings. The fourth-order valence-corrected chi connectivity index (χ4v) is 2.25. The number of hydrogen-bond acceptors (Lipinski definition) is 3. The van der Waals surface area contributed by atoms with E-state index in [-0.39, 0.29) is 6.10 Å². The predicted molar refractivity (Wildman–Crippen MR) is 65.4 cm³/mol. The van der Waals surface area contributed by atoms with Crippen LogP contribution < -0.4 is 0 Å². The molecule has 3 nitrogen and oxygen atoms in total. The van der Waals surface area contributed by atoms with Gasteiger partial charge in [0.05, 0.1) is 11.8 Å². The maximum Gasteiger partial charge on any atom is 0.159 e. The summed E-state index contributed by atoms with van der Waals surface area (Å²) in [6, 6.07) is 9.94. The van der Waals surface area contributed by atoms with Crippen LogP contribution in [0.2, 0.25) is 0 Å². The van der Waals surface area contributed by atoms with E-state index < -0.39 is 0 Å². The molecule has 0 aliphatic heterocycles. The molecule has 0 bridgehead atoms. The monoisotopic (exact) mass is 226 g/mol. The zero-order chi connectivity index (χ0) is 11.7. The van der Waals surface area contributed by atoms with Crippen molar-refractivity contribution in [1.82, 2.24) is 9.97 Å². The smallest absolute Gasteiger partial charge is 0.159 e. The third kappa shape index (κ3) is 1.94. The Hall–Kier alpha value is -1.74. The van der Waals surface area contributed by atoms with E-state index in [2.05, 4.69) is 9.97 Å². The second kappa shape index (κ2) is 4.26. The zero-order valence-corrected chi connectivity index (χ0v) is 9.50. The summed E-state index contributed by atoms with van der Waals surface area (Å²) in [5, 5.41) is 9.84. The number of fused-ring (bicyclic) bond motifs is 1. The average Bonchev–Trinajstić information content (AvgIpc) is 2.40. The largest absolute Gasteiger partial charge is 0.388 e. The van der Waals surface area contributed by atoms with Gasteiger partial charge in [-0.1, -0.05) is 30.3 Å². The molecule has 1 heterocycles. The van der Waals surface area contributed by atoms with Crippen molar-refractivity contribution in [2.45, 2.75) is 25.4 Å². The second-order valence-corrected chi connectivity index (χ2v) is 4.37. The van der Waals surface area contributed by atoms with Gasteiger partial charge in [0, 0.05) is 17.3 Å². The van der Waals surface area contributed by atoms with Crippen LogP contribution in [0.5, 0.6) is 0 Å². The fraction of sp³-hybridized carbons (Fsp3) is 0.286. The molecular weight excluding hydrogens is 212 g/mol. The Morgan fingerprint density at radius 1 is 1.18 bits per heavy atom. The van der Waals surface area contributed by atoms with E-state index in [4.69, 9.17) is 0 Å². The van der Waals surface area contributed by atoms with Crippen LogP contribution in [0, 0.1) is 0 Å². The lowest BCUT2D eigenvalue weighted by atomic mass is 9.94. The van der Waals surface area contributed by atoms with Crippen molar-refractivity contribution in [3.8, 4) is 11.4 Å². The number of rotatable bonds is 1. The van der Waals surface area contributed by atoms with E-state index >= 15 is 0 Å². The number of hydrogen-bond donors (Lipinski definition) is 1. The van der Waals surface area contributed by atoms with Gasteiger partial charge in [0.1, 0.15) is 0 Å². The van der Waals surface area contributed by atoms with E-state index in [0.717, 1.165) is 41.9 Å². The maximum atomic E-state index is 9.84. The Balaban J connectivity index is 2.04. The lowest BCUT2D eigenvalue weighted by Crippen LogP contribution is -2.12. The van der Waals surface area contributed by atoms with E-state index in [1.165, 1.54) is 0 Å². The number of nitrogens with zero attached hydrogens (tertiary/aromatic N) is 2. The van der Waals surface area contributed by atoms with Crippen molar-refractivity contribution in [3.05, 3.63) is 47.8 Å². The standard InChI is InChI=1S/C14H14N2O/c17-13-8-4-7-12-11(13)9-15-14(16-12)10-5-2-1-3-6-10/h1-3,5-6,9,13,17H,4,7-8H2/t13-/m0/s1. The minimum atomic E-state index is -0.386. The molecule has 0 saturated heterocycles. The Morgan fingerprint density at radius 3 is 2.82 bits per heavy atom. The van der Waals surface area contributed by atoms with Crippen LogP contribution in [0.1, 0.15) is 30.2 Å². The predicted octanol–water partition coefficient (Wildman–Crippen LogP) is 2.51. The molecule has 3 rings (SSSR count). The summed E-state index contributed by atoms with van der Waals surface area (Å²) in [6.45, 7) is 0. The van der Waals surface area contributed by atoms with Crippen molar-refractivity contribution >= 4 is 0 Å². The molecule has 3 heteroatoms. The molecule has 0 radical (unpaired) electrons. The summed E-state index contributed by atoms with van der Waals surface area (Å²) < 4.78 is 0. The van der Waals surface area contributed by atoms with Gasteiger partial charge >= 0.3 is 0 Å². The van der Waals surface area contributed by atoms with Gasteiger partial charge < -0.3 is 5.11 Å². The molecule has 1 aliphatic rings. The fourth-order valence-electron chi connectivity index (χ4n) is 2.25. The highest BCUT2D eigenvalue weighted by Crippen LogP contribution is 2.28. The molecule has 1 aromatic heterocycles. The lowest BCUT2D eigenvalue weighted by Gasteiger charge is -2.20. The Kier molecular flexibility index (Phi) is 2.61. The van der Waals surface area contributed by atoms with Crippen molar-refractivity contribution in [3.63, 3.8) is 0 Å². The summed E-state index contributed by atoms with van der Waals surface area (Å²) in [5.74, 6) is 0.749. The molecule has 1 N–H and O–H groups in total. The average molecular weight is 226 g/mol. The van der Waals surface area contributed by atoms with Crippen molar-refractivity contribution in [2.24, 2.45) is 0 Å². The normalized spacial score (nSPS) is 18.8. The van der Waals surface area contributed by atoms with Gasteiger partial charge in [0.2, 0.25) is 0 Å². The summed E-state index contributed by atoms with van der Waals surface area (Å²) in [4.78, 5) is 8.90. The van der Waals surface area contributed by atoms with E-state index in [1.807, 2.05) is 30.3 Å². The summed E-state index contributed by atoms with van der Waals surface area (Å²) in [6.07, 6.45) is 4.15. The van der Waals surface area contributed by atoms with Gasteiger partial charge in [-0.2, -0.15) is 0 Å². The third-order valence-electron chi connectivity index (χ3n) is 3.18. The summed E-state index contributed by atoms with van der Waals surface area (Å²) in [5.41, 5.74) is 2.92. The molecule has 0 spiro atoms. The van der Waals surface area contributed by atoms with Crippen LogP contribution in [0.25, 0.3) is 11.4 Å². The maximum absolute atomic E-state index is 9.84. The number of benzene rings is 1. The molecular formula is C14H14N2O. The van der Waals surface area contributed by atoms with Crippen LogP contribution in [-0.4, -0.2) is 15.1 Å². The third-order valence-corrected chi connectivity index (χ3v) is 3.18. The van der Waals surface area contributed by atoms with Crippen molar-refractivity contribution in [1.29, 1.82) is 0 Å². The first-order chi connectivity index (χ1) is 8.34. The molecule has 1 atom stereocenters. The van der Waals surface area contributed by atoms with Gasteiger partial charge in [-0.3, -0.25) is 0 Å². The SMILES string of the molecule is O[C@H]1CCCc2nc(-c3ccccc3)ncc21. The minimum absolute atomic E-state index is 0.386. The number of aryl methyl sites for hydroxylation is 1. The van der Waals surface area contributed by atoms with Crippen molar-refractivity contribution in [2.75, 3.05) is 0 Å². The lowest BCUT2D eigenvalue weighted by molar-refractivity contribution is 0.155. The van der Waals surface area contributed by atoms with Crippen molar-refractivity contribution < 1.29 is 5.11 Å². The number of aromatic nitrogens is 2. The topological polar surface area (TPSA) is 46.0 Å². The van der Waals surface area contributed by atoms with E-state index in [1.54, 1.807) is 6.20 Å². The molecule has 17 heavy (non-hydrogen) atoms. The Labute approximate surface area is 100 Å². The quantitative estimate of drug-likeness (QED) is 0.812. The first-order valence-corrected chi connectivity index (χ1v) is 5.94. The first kappa shape index (κ1) is 10.4. The summed E-state index contributed by atoms with van der Waals surface area (Å²) in [7, 11) is 0. The highest BCUT2D eigenvalue weighted by molar-refractivity contribution is 5.54.